The lowest BCUT2D eigenvalue weighted by molar-refractivity contribution is 0.0948. The number of para-hydroxylation sites is 2. The Hall–Kier alpha value is -2.83. The number of carbonyl (C=O) groups is 1. The average molecular weight is 309 g/mol. The second kappa shape index (κ2) is 5.75. The first-order valence-corrected chi connectivity index (χ1v) is 7.62. The summed E-state index contributed by atoms with van der Waals surface area (Å²) < 4.78 is 5.17. The Labute approximate surface area is 132 Å². The van der Waals surface area contributed by atoms with Crippen molar-refractivity contribution in [1.82, 2.24) is 25.4 Å². The largest absolute Gasteiger partial charge is 0.350 e. The molecule has 0 unspecified atom stereocenters. The first-order chi connectivity index (χ1) is 11.3. The molecule has 1 saturated carbocycles. The lowest BCUT2D eigenvalue weighted by Gasteiger charge is -2.03. The van der Waals surface area contributed by atoms with Gasteiger partial charge >= 0.3 is 0 Å². The molecule has 0 spiro atoms. The summed E-state index contributed by atoms with van der Waals surface area (Å²) >= 11 is 0. The third kappa shape index (κ3) is 3.03. The van der Waals surface area contributed by atoms with Gasteiger partial charge in [-0.3, -0.25) is 9.78 Å². The zero-order valence-corrected chi connectivity index (χ0v) is 12.4. The molecule has 7 nitrogen and oxygen atoms in total. The van der Waals surface area contributed by atoms with E-state index in [0.717, 1.165) is 24.2 Å². The Kier molecular flexibility index (Phi) is 3.45. The summed E-state index contributed by atoms with van der Waals surface area (Å²) in [6.45, 7) is 0.416. The minimum absolute atomic E-state index is 0.259. The van der Waals surface area contributed by atoms with E-state index < -0.39 is 0 Å². The highest BCUT2D eigenvalue weighted by Gasteiger charge is 2.28. The molecular weight excluding hydrogens is 294 g/mol. The molecular formula is C16H15N5O2. The van der Waals surface area contributed by atoms with E-state index in [2.05, 4.69) is 25.4 Å². The fourth-order valence-corrected chi connectivity index (χ4v) is 2.32. The SMILES string of the molecule is O=C(NCCc1nc(C2CC2)no1)c1cnc2ccccc2n1. The number of carbonyl (C=O) groups excluding carboxylic acids is 1. The van der Waals surface area contributed by atoms with Crippen molar-refractivity contribution in [1.29, 1.82) is 0 Å². The van der Waals surface area contributed by atoms with Crippen molar-refractivity contribution in [3.63, 3.8) is 0 Å². The molecule has 0 bridgehead atoms. The molecule has 1 amide bonds. The Balaban J connectivity index is 1.36. The highest BCUT2D eigenvalue weighted by Crippen LogP contribution is 2.38. The topological polar surface area (TPSA) is 93.8 Å². The number of fused-ring (bicyclic) bond motifs is 1. The third-order valence-electron chi connectivity index (χ3n) is 3.73. The number of benzene rings is 1. The van der Waals surface area contributed by atoms with E-state index in [1.54, 1.807) is 0 Å². The number of rotatable bonds is 5. The molecule has 0 radical (unpaired) electrons. The van der Waals surface area contributed by atoms with Crippen molar-refractivity contribution in [3.8, 4) is 0 Å². The Morgan fingerprint density at radius 2 is 2.04 bits per heavy atom. The summed E-state index contributed by atoms with van der Waals surface area (Å²) in [7, 11) is 0. The van der Waals surface area contributed by atoms with E-state index in [1.807, 2.05) is 24.3 Å². The summed E-state index contributed by atoms with van der Waals surface area (Å²) in [5.41, 5.74) is 1.77. The van der Waals surface area contributed by atoms with Gasteiger partial charge in [0.05, 0.1) is 17.2 Å². The molecule has 1 aliphatic rings. The minimum atomic E-state index is -0.259. The monoisotopic (exact) mass is 309 g/mol. The van der Waals surface area contributed by atoms with Gasteiger partial charge in [-0.15, -0.1) is 0 Å². The van der Waals surface area contributed by atoms with E-state index in [-0.39, 0.29) is 5.91 Å². The normalized spacial score (nSPS) is 14.1. The zero-order chi connectivity index (χ0) is 15.6. The molecule has 1 aliphatic carbocycles. The smallest absolute Gasteiger partial charge is 0.271 e. The van der Waals surface area contributed by atoms with Crippen LogP contribution in [0.5, 0.6) is 0 Å². The molecule has 2 heterocycles. The van der Waals surface area contributed by atoms with Gasteiger partial charge in [0, 0.05) is 18.9 Å². The molecule has 23 heavy (non-hydrogen) atoms. The third-order valence-corrected chi connectivity index (χ3v) is 3.73. The van der Waals surface area contributed by atoms with Gasteiger partial charge in [0.1, 0.15) is 5.69 Å². The average Bonchev–Trinajstić information content (AvgIpc) is 3.33. The van der Waals surface area contributed by atoms with Gasteiger partial charge in [-0.05, 0) is 25.0 Å². The molecule has 0 saturated heterocycles. The van der Waals surface area contributed by atoms with Crippen molar-refractivity contribution in [3.05, 3.63) is 47.9 Å². The minimum Gasteiger partial charge on any atom is -0.350 e. The predicted octanol–water partition coefficient (Wildman–Crippen LogP) is 1.86. The van der Waals surface area contributed by atoms with Crippen molar-refractivity contribution >= 4 is 16.9 Å². The molecule has 116 valence electrons. The maximum atomic E-state index is 12.1. The van der Waals surface area contributed by atoms with Gasteiger partial charge < -0.3 is 9.84 Å². The Bertz CT molecular complexity index is 856. The van der Waals surface area contributed by atoms with Crippen LogP contribution in [-0.2, 0) is 6.42 Å². The van der Waals surface area contributed by atoms with Crippen molar-refractivity contribution in [2.24, 2.45) is 0 Å². The Morgan fingerprint density at radius 1 is 1.22 bits per heavy atom. The first-order valence-electron chi connectivity index (χ1n) is 7.62. The number of aromatic nitrogens is 4. The van der Waals surface area contributed by atoms with Crippen LogP contribution in [0.25, 0.3) is 11.0 Å². The predicted molar refractivity (Wildman–Crippen MR) is 81.8 cm³/mol. The van der Waals surface area contributed by atoms with Gasteiger partial charge in [0.25, 0.3) is 5.91 Å². The first kappa shape index (κ1) is 13.8. The van der Waals surface area contributed by atoms with Crippen LogP contribution in [0.3, 0.4) is 0 Å². The highest BCUT2D eigenvalue weighted by molar-refractivity contribution is 5.93. The maximum absolute atomic E-state index is 12.1. The van der Waals surface area contributed by atoms with Crippen molar-refractivity contribution in [2.75, 3.05) is 6.54 Å². The standard InChI is InChI=1S/C16H15N5O2/c22-16(13-9-18-11-3-1-2-4-12(11)19-13)17-8-7-14-20-15(21-23-14)10-5-6-10/h1-4,9-10H,5-8H2,(H,17,22). The summed E-state index contributed by atoms with van der Waals surface area (Å²) in [6.07, 6.45) is 4.26. The molecule has 4 rings (SSSR count). The van der Waals surface area contributed by atoms with E-state index >= 15 is 0 Å². The van der Waals surface area contributed by atoms with Crippen LogP contribution in [0.2, 0.25) is 0 Å². The molecule has 3 aromatic rings. The summed E-state index contributed by atoms with van der Waals surface area (Å²) in [5, 5.41) is 6.74. The molecule has 1 aromatic carbocycles. The van der Waals surface area contributed by atoms with E-state index in [4.69, 9.17) is 4.52 Å². The second-order valence-electron chi connectivity index (χ2n) is 5.57. The van der Waals surface area contributed by atoms with Crippen LogP contribution in [-0.4, -0.2) is 32.6 Å². The number of hydrogen-bond donors (Lipinski definition) is 1. The second-order valence-corrected chi connectivity index (χ2v) is 5.57. The van der Waals surface area contributed by atoms with E-state index in [1.165, 1.54) is 6.20 Å². The zero-order valence-electron chi connectivity index (χ0n) is 12.4. The van der Waals surface area contributed by atoms with Crippen LogP contribution in [0, 0.1) is 0 Å². The number of nitrogens with zero attached hydrogens (tertiary/aromatic N) is 4. The summed E-state index contributed by atoms with van der Waals surface area (Å²) in [6, 6.07) is 7.44. The number of nitrogens with one attached hydrogen (secondary N) is 1. The van der Waals surface area contributed by atoms with Crippen molar-refractivity contribution in [2.45, 2.75) is 25.2 Å². The quantitative estimate of drug-likeness (QED) is 0.773. The lowest BCUT2D eigenvalue weighted by Crippen LogP contribution is -2.26. The van der Waals surface area contributed by atoms with Crippen molar-refractivity contribution < 1.29 is 9.32 Å². The van der Waals surface area contributed by atoms with Gasteiger partial charge in [0.15, 0.2) is 5.82 Å². The number of amides is 1. The van der Waals surface area contributed by atoms with Gasteiger partial charge in [0.2, 0.25) is 5.89 Å². The van der Waals surface area contributed by atoms with Gasteiger partial charge in [-0.2, -0.15) is 4.98 Å². The highest BCUT2D eigenvalue weighted by atomic mass is 16.5. The fraction of sp³-hybridized carbons (Fsp3) is 0.312. The van der Waals surface area contributed by atoms with Crippen LogP contribution in [0.15, 0.2) is 35.0 Å². The van der Waals surface area contributed by atoms with Crippen LogP contribution in [0.1, 0.15) is 41.0 Å². The lowest BCUT2D eigenvalue weighted by atomic mass is 10.3. The fourth-order valence-electron chi connectivity index (χ4n) is 2.32. The number of hydrogen-bond acceptors (Lipinski definition) is 6. The summed E-state index contributed by atoms with van der Waals surface area (Å²) in [4.78, 5) is 25.0. The molecule has 1 fully saturated rings. The van der Waals surface area contributed by atoms with Crippen LogP contribution < -0.4 is 5.32 Å². The molecule has 1 N–H and O–H groups in total. The van der Waals surface area contributed by atoms with E-state index in [9.17, 15) is 4.79 Å². The Morgan fingerprint density at radius 3 is 2.87 bits per heavy atom. The summed E-state index contributed by atoms with van der Waals surface area (Å²) in [5.74, 6) is 1.55. The van der Waals surface area contributed by atoms with E-state index in [0.29, 0.717) is 36.0 Å². The van der Waals surface area contributed by atoms with Gasteiger partial charge in [-0.25, -0.2) is 4.98 Å². The van der Waals surface area contributed by atoms with Crippen LogP contribution in [0.4, 0.5) is 0 Å². The van der Waals surface area contributed by atoms with Gasteiger partial charge in [-0.1, -0.05) is 17.3 Å². The maximum Gasteiger partial charge on any atom is 0.271 e. The molecule has 7 heteroatoms. The van der Waals surface area contributed by atoms with Crippen LogP contribution >= 0.6 is 0 Å². The molecule has 0 atom stereocenters. The molecule has 2 aromatic heterocycles. The molecule has 0 aliphatic heterocycles.